The number of carbonyl (C=O) groups is 1. The van der Waals surface area contributed by atoms with Crippen molar-refractivity contribution in [1.82, 2.24) is 5.32 Å². The van der Waals surface area contributed by atoms with Gasteiger partial charge >= 0.3 is 0 Å². The van der Waals surface area contributed by atoms with Crippen molar-refractivity contribution in [1.29, 1.82) is 0 Å². The summed E-state index contributed by atoms with van der Waals surface area (Å²) in [5.74, 6) is 0.700. The summed E-state index contributed by atoms with van der Waals surface area (Å²) in [5, 5.41) is 12.4. The fourth-order valence-electron chi connectivity index (χ4n) is 1.50. The molecule has 0 saturated heterocycles. The zero-order chi connectivity index (χ0) is 13.5. The third-order valence-electron chi connectivity index (χ3n) is 2.33. The van der Waals surface area contributed by atoms with Gasteiger partial charge in [0, 0.05) is 6.54 Å². The molecule has 0 heterocycles. The molecular formula is C12H26N2O2S. The third-order valence-corrected chi connectivity index (χ3v) is 2.97. The van der Waals surface area contributed by atoms with E-state index in [4.69, 9.17) is 5.73 Å². The number of thioether (sulfide) groups is 1. The van der Waals surface area contributed by atoms with Gasteiger partial charge in [0.1, 0.15) is 0 Å². The summed E-state index contributed by atoms with van der Waals surface area (Å²) in [6.45, 7) is 6.45. The Balaban J connectivity index is 3.83. The van der Waals surface area contributed by atoms with E-state index in [2.05, 4.69) is 26.1 Å². The maximum atomic E-state index is 11.6. The van der Waals surface area contributed by atoms with Crippen molar-refractivity contribution < 1.29 is 9.90 Å². The summed E-state index contributed by atoms with van der Waals surface area (Å²) in [6.07, 6.45) is 2.81. The van der Waals surface area contributed by atoms with E-state index in [0.29, 0.717) is 12.8 Å². The number of aliphatic hydroxyl groups excluding tert-OH is 1. The highest BCUT2D eigenvalue weighted by Crippen LogP contribution is 2.20. The molecule has 0 rings (SSSR count). The number of aliphatic hydroxyl groups is 1. The van der Waals surface area contributed by atoms with E-state index in [1.807, 2.05) is 6.26 Å². The Hall–Kier alpha value is -0.260. The second kappa shape index (κ2) is 7.95. The van der Waals surface area contributed by atoms with E-state index in [1.54, 1.807) is 11.8 Å². The van der Waals surface area contributed by atoms with Crippen molar-refractivity contribution in [3.05, 3.63) is 0 Å². The summed E-state index contributed by atoms with van der Waals surface area (Å²) < 4.78 is 0. The third kappa shape index (κ3) is 9.44. The van der Waals surface area contributed by atoms with E-state index in [1.165, 1.54) is 0 Å². The van der Waals surface area contributed by atoms with Crippen LogP contribution in [0.1, 0.15) is 33.6 Å². The van der Waals surface area contributed by atoms with Gasteiger partial charge in [-0.25, -0.2) is 0 Å². The van der Waals surface area contributed by atoms with Crippen LogP contribution < -0.4 is 11.1 Å². The van der Waals surface area contributed by atoms with Crippen LogP contribution in [0.3, 0.4) is 0 Å². The zero-order valence-electron chi connectivity index (χ0n) is 11.3. The Morgan fingerprint density at radius 1 is 1.47 bits per heavy atom. The number of nitrogens with one attached hydrogen (secondary N) is 1. The van der Waals surface area contributed by atoms with Crippen LogP contribution >= 0.6 is 11.8 Å². The van der Waals surface area contributed by atoms with Crippen LogP contribution in [-0.4, -0.2) is 41.7 Å². The molecule has 0 bridgehead atoms. The molecule has 102 valence electrons. The molecule has 0 aromatic carbocycles. The molecule has 1 unspecified atom stereocenters. The van der Waals surface area contributed by atoms with Gasteiger partial charge in [-0.15, -0.1) is 0 Å². The minimum absolute atomic E-state index is 0.0606. The second-order valence-electron chi connectivity index (χ2n) is 5.55. The topological polar surface area (TPSA) is 75.4 Å². The average molecular weight is 262 g/mol. The first-order chi connectivity index (χ1) is 7.76. The smallest absolute Gasteiger partial charge is 0.237 e. The van der Waals surface area contributed by atoms with E-state index < -0.39 is 12.1 Å². The predicted molar refractivity (Wildman–Crippen MR) is 74.1 cm³/mol. The molecule has 4 nitrogen and oxygen atoms in total. The minimum Gasteiger partial charge on any atom is -0.391 e. The molecule has 0 aliphatic rings. The molecule has 0 saturated carbocycles. The van der Waals surface area contributed by atoms with Crippen LogP contribution in [0.15, 0.2) is 0 Å². The molecule has 0 aromatic heterocycles. The molecule has 4 N–H and O–H groups in total. The second-order valence-corrected chi connectivity index (χ2v) is 6.54. The first-order valence-electron chi connectivity index (χ1n) is 5.96. The maximum Gasteiger partial charge on any atom is 0.237 e. The van der Waals surface area contributed by atoms with Gasteiger partial charge in [-0.05, 0) is 30.3 Å². The number of amides is 1. The van der Waals surface area contributed by atoms with Crippen LogP contribution in [0.2, 0.25) is 0 Å². The molecule has 0 aromatic rings. The van der Waals surface area contributed by atoms with Gasteiger partial charge in [-0.2, -0.15) is 11.8 Å². The molecule has 0 fully saturated rings. The fourth-order valence-corrected chi connectivity index (χ4v) is 1.99. The highest BCUT2D eigenvalue weighted by Gasteiger charge is 2.18. The van der Waals surface area contributed by atoms with E-state index in [9.17, 15) is 9.90 Å². The van der Waals surface area contributed by atoms with E-state index in [-0.39, 0.29) is 17.9 Å². The molecule has 1 amide bonds. The maximum absolute atomic E-state index is 11.6. The van der Waals surface area contributed by atoms with Crippen molar-refractivity contribution in [2.75, 3.05) is 18.6 Å². The lowest BCUT2D eigenvalue weighted by Crippen LogP contribution is -2.44. The molecule has 5 heteroatoms. The van der Waals surface area contributed by atoms with Gasteiger partial charge < -0.3 is 16.2 Å². The summed E-state index contributed by atoms with van der Waals surface area (Å²) >= 11 is 1.67. The zero-order valence-corrected chi connectivity index (χ0v) is 12.1. The molecule has 2 atom stereocenters. The largest absolute Gasteiger partial charge is 0.391 e. The summed E-state index contributed by atoms with van der Waals surface area (Å²) in [7, 11) is 0. The highest BCUT2D eigenvalue weighted by molar-refractivity contribution is 7.98. The van der Waals surface area contributed by atoms with Crippen molar-refractivity contribution in [2.24, 2.45) is 11.1 Å². The van der Waals surface area contributed by atoms with Gasteiger partial charge in [0.25, 0.3) is 0 Å². The minimum atomic E-state index is -0.508. The summed E-state index contributed by atoms with van der Waals surface area (Å²) in [6, 6.07) is -0.468. The summed E-state index contributed by atoms with van der Waals surface area (Å²) in [5.41, 5.74) is 5.77. The van der Waals surface area contributed by atoms with Crippen LogP contribution in [0.5, 0.6) is 0 Å². The van der Waals surface area contributed by atoms with Crippen LogP contribution in [0.25, 0.3) is 0 Å². The molecular weight excluding hydrogens is 236 g/mol. The average Bonchev–Trinajstić information content (AvgIpc) is 2.20. The highest BCUT2D eigenvalue weighted by atomic mass is 32.2. The van der Waals surface area contributed by atoms with Crippen LogP contribution in [0, 0.1) is 5.41 Å². The SMILES string of the molecule is CSCC[C@@H](N)C(=O)NCC(O)CC(C)(C)C. The van der Waals surface area contributed by atoms with E-state index >= 15 is 0 Å². The number of rotatable bonds is 7. The number of nitrogens with two attached hydrogens (primary N) is 1. The predicted octanol–water partition coefficient (Wildman–Crippen LogP) is 0.980. The van der Waals surface area contributed by atoms with Gasteiger partial charge in [0.15, 0.2) is 0 Å². The molecule has 0 spiro atoms. The Morgan fingerprint density at radius 2 is 2.06 bits per heavy atom. The van der Waals surface area contributed by atoms with Crippen molar-refractivity contribution >= 4 is 17.7 Å². The van der Waals surface area contributed by atoms with E-state index in [0.717, 1.165) is 5.75 Å². The fraction of sp³-hybridized carbons (Fsp3) is 0.917. The lowest BCUT2D eigenvalue weighted by atomic mass is 9.89. The molecule has 0 aliphatic heterocycles. The van der Waals surface area contributed by atoms with Gasteiger partial charge in [0.05, 0.1) is 12.1 Å². The quantitative estimate of drug-likeness (QED) is 0.639. The Kier molecular flexibility index (Phi) is 7.83. The van der Waals surface area contributed by atoms with Gasteiger partial charge in [-0.3, -0.25) is 4.79 Å². The Bertz CT molecular complexity index is 229. The molecule has 0 radical (unpaired) electrons. The molecule has 0 aliphatic carbocycles. The lowest BCUT2D eigenvalue weighted by molar-refractivity contribution is -0.122. The lowest BCUT2D eigenvalue weighted by Gasteiger charge is -2.23. The van der Waals surface area contributed by atoms with Crippen molar-refractivity contribution in [3.63, 3.8) is 0 Å². The Morgan fingerprint density at radius 3 is 2.53 bits per heavy atom. The van der Waals surface area contributed by atoms with Crippen molar-refractivity contribution in [2.45, 2.75) is 45.8 Å². The van der Waals surface area contributed by atoms with Crippen LogP contribution in [0.4, 0.5) is 0 Å². The monoisotopic (exact) mass is 262 g/mol. The standard InChI is InChI=1S/C12H26N2O2S/c1-12(2,3)7-9(15)8-14-11(16)10(13)5-6-17-4/h9-10,15H,5-8,13H2,1-4H3,(H,14,16)/t9?,10-/m1/s1. The van der Waals surface area contributed by atoms with Gasteiger partial charge in [-0.1, -0.05) is 20.8 Å². The number of carbonyl (C=O) groups excluding carboxylic acids is 1. The molecule has 17 heavy (non-hydrogen) atoms. The normalized spacial score (nSPS) is 15.4. The number of hydrogen-bond acceptors (Lipinski definition) is 4. The van der Waals surface area contributed by atoms with Crippen molar-refractivity contribution in [3.8, 4) is 0 Å². The van der Waals surface area contributed by atoms with Gasteiger partial charge in [0.2, 0.25) is 5.91 Å². The first-order valence-corrected chi connectivity index (χ1v) is 7.36. The Labute approximate surface area is 109 Å². The van der Waals surface area contributed by atoms with Crippen LogP contribution in [-0.2, 0) is 4.79 Å². The number of hydrogen-bond donors (Lipinski definition) is 3. The first kappa shape index (κ1) is 16.7. The summed E-state index contributed by atoms with van der Waals surface area (Å²) in [4.78, 5) is 11.6.